The Morgan fingerprint density at radius 1 is 0.963 bits per heavy atom. The van der Waals surface area contributed by atoms with Gasteiger partial charge in [0, 0.05) is 6.42 Å². The third kappa shape index (κ3) is 9.03. The van der Waals surface area contributed by atoms with Gasteiger partial charge in [-0.15, -0.1) is 0 Å². The molecule has 27 heavy (non-hydrogen) atoms. The van der Waals surface area contributed by atoms with Crippen molar-refractivity contribution in [2.24, 2.45) is 0 Å². The maximum Gasteiger partial charge on any atom is 0.250 e. The fraction of sp³-hybridized carbons (Fsp3) is 0.520. The van der Waals surface area contributed by atoms with E-state index in [0.717, 1.165) is 17.7 Å². The fourth-order valence-electron chi connectivity index (χ4n) is 2.24. The lowest BCUT2D eigenvalue weighted by Crippen LogP contribution is -2.44. The highest BCUT2D eigenvalue weighted by molar-refractivity contribution is 6.74. The van der Waals surface area contributed by atoms with Crippen LogP contribution in [-0.4, -0.2) is 8.32 Å². The molecule has 1 aromatic rings. The summed E-state index contributed by atoms with van der Waals surface area (Å²) in [6.45, 7) is 13.5. The Bertz CT molecular complexity index is 714. The Kier molecular flexibility index (Phi) is 10.1. The van der Waals surface area contributed by atoms with Crippen molar-refractivity contribution in [3.05, 3.63) is 42.0 Å². The van der Waals surface area contributed by atoms with E-state index < -0.39 is 8.32 Å². The molecule has 0 fully saturated rings. The summed E-state index contributed by atoms with van der Waals surface area (Å²) in [5, 5.41) is 0.166. The maximum absolute atomic E-state index is 6.43. The van der Waals surface area contributed by atoms with Gasteiger partial charge in [-0.2, -0.15) is 0 Å². The van der Waals surface area contributed by atoms with Gasteiger partial charge in [0.05, 0.1) is 5.56 Å². The molecule has 2 heteroatoms. The summed E-state index contributed by atoms with van der Waals surface area (Å²) >= 11 is 0. The highest BCUT2D eigenvalue weighted by Crippen LogP contribution is 2.38. The highest BCUT2D eigenvalue weighted by Gasteiger charge is 2.39. The number of benzene rings is 1. The minimum atomic E-state index is -1.87. The average Bonchev–Trinajstić information content (AvgIpc) is 2.59. The summed E-state index contributed by atoms with van der Waals surface area (Å²) in [5.74, 6) is 13.5. The van der Waals surface area contributed by atoms with Crippen LogP contribution in [0.1, 0.15) is 71.8 Å². The molecule has 0 radical (unpaired) electrons. The topological polar surface area (TPSA) is 9.23 Å². The largest absolute Gasteiger partial charge is 0.543 e. The van der Waals surface area contributed by atoms with Gasteiger partial charge < -0.3 is 4.43 Å². The summed E-state index contributed by atoms with van der Waals surface area (Å²) < 4.78 is 6.43. The van der Waals surface area contributed by atoms with Gasteiger partial charge >= 0.3 is 0 Å². The van der Waals surface area contributed by atoms with Gasteiger partial charge in [0.15, 0.2) is 0 Å². The van der Waals surface area contributed by atoms with Crippen molar-refractivity contribution >= 4 is 8.32 Å². The second kappa shape index (κ2) is 11.7. The second-order valence-electron chi connectivity index (χ2n) is 8.45. The van der Waals surface area contributed by atoms with Crippen LogP contribution in [0.3, 0.4) is 0 Å². The molecular weight excluding hydrogens is 344 g/mol. The van der Waals surface area contributed by atoms with Gasteiger partial charge in [0.25, 0.3) is 8.32 Å². The lowest BCUT2D eigenvalue weighted by molar-refractivity contribution is 0.491. The third-order valence-electron chi connectivity index (χ3n) is 5.02. The van der Waals surface area contributed by atoms with Crippen molar-refractivity contribution in [3.8, 4) is 29.4 Å². The predicted molar refractivity (Wildman–Crippen MR) is 121 cm³/mol. The normalized spacial score (nSPS) is 11.5. The summed E-state index contributed by atoms with van der Waals surface area (Å²) in [5.41, 5.74) is 0.941. The maximum atomic E-state index is 6.43. The number of rotatable bonds is 7. The van der Waals surface area contributed by atoms with Crippen LogP contribution in [0.4, 0.5) is 0 Å². The zero-order valence-corrected chi connectivity index (χ0v) is 19.1. The Morgan fingerprint density at radius 2 is 1.63 bits per heavy atom. The SMILES string of the molecule is CCCCCCCC#C/C=C\C#Cc1ccccc1O[Si](C)(C)C(C)(C)C. The molecule has 0 unspecified atom stereocenters. The fourth-order valence-corrected chi connectivity index (χ4v) is 3.27. The Morgan fingerprint density at radius 3 is 2.33 bits per heavy atom. The second-order valence-corrected chi connectivity index (χ2v) is 13.2. The molecular formula is C25H36OSi. The summed E-state index contributed by atoms with van der Waals surface area (Å²) in [4.78, 5) is 0. The number of unbranched alkanes of at least 4 members (excludes halogenated alkanes) is 5. The molecule has 0 saturated carbocycles. The Labute approximate surface area is 168 Å². The van der Waals surface area contributed by atoms with Gasteiger partial charge in [-0.25, -0.2) is 0 Å². The molecule has 1 rings (SSSR count). The van der Waals surface area contributed by atoms with Gasteiger partial charge in [-0.3, -0.25) is 0 Å². The average molecular weight is 381 g/mol. The van der Waals surface area contributed by atoms with Crippen molar-refractivity contribution in [1.29, 1.82) is 0 Å². The monoisotopic (exact) mass is 380 g/mol. The van der Waals surface area contributed by atoms with E-state index in [-0.39, 0.29) is 5.04 Å². The molecule has 1 aromatic carbocycles. The lowest BCUT2D eigenvalue weighted by Gasteiger charge is -2.36. The van der Waals surface area contributed by atoms with Gasteiger partial charge in [0.2, 0.25) is 0 Å². The van der Waals surface area contributed by atoms with Gasteiger partial charge in [-0.1, -0.05) is 89.2 Å². The summed E-state index contributed by atoms with van der Waals surface area (Å²) in [7, 11) is -1.87. The van der Waals surface area contributed by atoms with Crippen molar-refractivity contribution < 1.29 is 4.43 Å². The first kappa shape index (κ1) is 23.1. The molecule has 0 heterocycles. The minimum absolute atomic E-state index is 0.166. The first-order chi connectivity index (χ1) is 12.8. The van der Waals surface area contributed by atoms with Crippen LogP contribution < -0.4 is 4.43 Å². The van der Waals surface area contributed by atoms with Crippen LogP contribution in [0, 0.1) is 23.7 Å². The first-order valence-electron chi connectivity index (χ1n) is 10.2. The molecule has 0 atom stereocenters. The molecule has 0 saturated heterocycles. The Balaban J connectivity index is 2.62. The summed E-state index contributed by atoms with van der Waals surface area (Å²) in [6.07, 6.45) is 11.1. The van der Waals surface area contributed by atoms with Crippen LogP contribution in [0.5, 0.6) is 5.75 Å². The quantitative estimate of drug-likeness (QED) is 0.273. The van der Waals surface area contributed by atoms with Crippen LogP contribution in [0.2, 0.25) is 18.1 Å². The van der Waals surface area contributed by atoms with Crippen LogP contribution in [-0.2, 0) is 0 Å². The van der Waals surface area contributed by atoms with E-state index in [9.17, 15) is 0 Å². The number of allylic oxidation sites excluding steroid dienone is 2. The van der Waals surface area contributed by atoms with Crippen molar-refractivity contribution in [2.45, 2.75) is 84.4 Å². The molecule has 0 aliphatic carbocycles. The van der Waals surface area contributed by atoms with Gasteiger partial charge in [-0.05, 0) is 48.8 Å². The predicted octanol–water partition coefficient (Wildman–Crippen LogP) is 7.34. The number of para-hydroxylation sites is 1. The van der Waals surface area contributed by atoms with E-state index >= 15 is 0 Å². The molecule has 0 spiro atoms. The van der Waals surface area contributed by atoms with E-state index in [1.54, 1.807) is 0 Å². The number of hydrogen-bond donors (Lipinski definition) is 0. The van der Waals surface area contributed by atoms with Crippen molar-refractivity contribution in [3.63, 3.8) is 0 Å². The van der Waals surface area contributed by atoms with Crippen molar-refractivity contribution in [1.82, 2.24) is 0 Å². The molecule has 0 aromatic heterocycles. The van der Waals surface area contributed by atoms with Crippen LogP contribution in [0.15, 0.2) is 36.4 Å². The standard InChI is InChI=1S/C25H36OSi/c1-7-8-9-10-11-12-13-14-15-16-17-20-23-21-18-19-22-24(23)26-27(5,6)25(2,3)4/h15-16,18-19,21-22H,7-12H2,1-6H3/b16-15-. The smallest absolute Gasteiger partial charge is 0.250 e. The van der Waals surface area contributed by atoms with E-state index in [2.05, 4.69) is 64.5 Å². The Hall–Kier alpha value is -1.90. The zero-order valence-electron chi connectivity index (χ0n) is 18.1. The van der Waals surface area contributed by atoms with Crippen LogP contribution in [0.25, 0.3) is 0 Å². The molecule has 146 valence electrons. The molecule has 1 nitrogen and oxygen atoms in total. The lowest BCUT2D eigenvalue weighted by atomic mass is 10.1. The highest BCUT2D eigenvalue weighted by atomic mass is 28.4. The molecule has 0 aliphatic heterocycles. The minimum Gasteiger partial charge on any atom is -0.543 e. The molecule has 0 bridgehead atoms. The molecule has 0 amide bonds. The van der Waals surface area contributed by atoms with Gasteiger partial charge in [0.1, 0.15) is 5.75 Å². The third-order valence-corrected chi connectivity index (χ3v) is 9.37. The molecule has 0 N–H and O–H groups in total. The first-order valence-corrected chi connectivity index (χ1v) is 13.1. The zero-order chi connectivity index (χ0) is 20.2. The van der Waals surface area contributed by atoms with Crippen LogP contribution >= 0.6 is 0 Å². The van der Waals surface area contributed by atoms with Crippen molar-refractivity contribution in [2.75, 3.05) is 0 Å². The molecule has 0 aliphatic rings. The van der Waals surface area contributed by atoms with E-state index in [1.807, 2.05) is 36.4 Å². The van der Waals surface area contributed by atoms with E-state index in [1.165, 1.54) is 32.1 Å². The summed E-state index contributed by atoms with van der Waals surface area (Å²) in [6, 6.07) is 8.05. The van der Waals surface area contributed by atoms with E-state index in [4.69, 9.17) is 4.43 Å². The van der Waals surface area contributed by atoms with E-state index in [0.29, 0.717) is 0 Å². The number of hydrogen-bond acceptors (Lipinski definition) is 1.